The minimum atomic E-state index is 0.424. The third-order valence-corrected chi connectivity index (χ3v) is 3.67. The van der Waals surface area contributed by atoms with Crippen LogP contribution in [0.3, 0.4) is 0 Å². The molecule has 0 aliphatic heterocycles. The van der Waals surface area contributed by atoms with Gasteiger partial charge in [-0.15, -0.1) is 11.8 Å². The molecule has 0 radical (unpaired) electrons. The molecule has 0 saturated carbocycles. The van der Waals surface area contributed by atoms with Crippen molar-refractivity contribution in [2.75, 3.05) is 26.5 Å². The molecule has 1 N–H and O–H groups in total. The SMILES string of the molecule is CNC(C)c1ccc(SCCCOC)cc1. The average Bonchev–Trinajstić information content (AvgIpc) is 2.34. The molecule has 1 aromatic rings. The van der Waals surface area contributed by atoms with Gasteiger partial charge in [0.2, 0.25) is 0 Å². The van der Waals surface area contributed by atoms with Gasteiger partial charge in [-0.25, -0.2) is 0 Å². The minimum absolute atomic E-state index is 0.424. The number of nitrogens with one attached hydrogen (secondary N) is 1. The van der Waals surface area contributed by atoms with Gasteiger partial charge in [0.25, 0.3) is 0 Å². The van der Waals surface area contributed by atoms with Crippen molar-refractivity contribution in [3.8, 4) is 0 Å². The second kappa shape index (κ2) is 7.71. The fraction of sp³-hybridized carbons (Fsp3) is 0.538. The molecular formula is C13H21NOS. The van der Waals surface area contributed by atoms with Crippen LogP contribution in [0.25, 0.3) is 0 Å². The predicted octanol–water partition coefficient (Wildman–Crippen LogP) is 3.10. The van der Waals surface area contributed by atoms with Gasteiger partial charge >= 0.3 is 0 Å². The van der Waals surface area contributed by atoms with Gasteiger partial charge in [0.1, 0.15) is 0 Å². The Morgan fingerprint density at radius 3 is 2.56 bits per heavy atom. The Kier molecular flexibility index (Phi) is 6.53. The summed E-state index contributed by atoms with van der Waals surface area (Å²) in [7, 11) is 3.73. The number of benzene rings is 1. The molecule has 90 valence electrons. The van der Waals surface area contributed by atoms with Crippen molar-refractivity contribution in [2.45, 2.75) is 24.3 Å². The summed E-state index contributed by atoms with van der Waals surface area (Å²) in [6, 6.07) is 9.20. The maximum absolute atomic E-state index is 5.02. The molecule has 0 heterocycles. The molecule has 3 heteroatoms. The third-order valence-electron chi connectivity index (χ3n) is 2.57. The first-order chi connectivity index (χ1) is 7.77. The summed E-state index contributed by atoms with van der Waals surface area (Å²) in [5.74, 6) is 1.12. The average molecular weight is 239 g/mol. The molecule has 1 unspecified atom stereocenters. The van der Waals surface area contributed by atoms with Gasteiger partial charge in [0, 0.05) is 30.4 Å². The summed E-state index contributed by atoms with van der Waals surface area (Å²) in [6.45, 7) is 3.02. The summed E-state index contributed by atoms with van der Waals surface area (Å²) in [5.41, 5.74) is 1.34. The number of hydrogen-bond acceptors (Lipinski definition) is 3. The number of hydrogen-bond donors (Lipinski definition) is 1. The molecule has 0 spiro atoms. The Morgan fingerprint density at radius 1 is 1.31 bits per heavy atom. The molecule has 1 atom stereocenters. The molecule has 0 amide bonds. The van der Waals surface area contributed by atoms with Crippen molar-refractivity contribution in [3.05, 3.63) is 29.8 Å². The van der Waals surface area contributed by atoms with E-state index in [0.717, 1.165) is 18.8 Å². The van der Waals surface area contributed by atoms with Crippen LogP contribution in [0.4, 0.5) is 0 Å². The van der Waals surface area contributed by atoms with Crippen LogP contribution in [0.15, 0.2) is 29.2 Å². The first kappa shape index (κ1) is 13.6. The zero-order valence-electron chi connectivity index (χ0n) is 10.3. The molecule has 0 saturated heterocycles. The van der Waals surface area contributed by atoms with E-state index >= 15 is 0 Å². The molecule has 1 rings (SSSR count). The fourth-order valence-corrected chi connectivity index (χ4v) is 2.24. The number of methoxy groups -OCH3 is 1. The van der Waals surface area contributed by atoms with E-state index in [-0.39, 0.29) is 0 Å². The lowest BCUT2D eigenvalue weighted by Crippen LogP contribution is -2.11. The van der Waals surface area contributed by atoms with Crippen molar-refractivity contribution in [3.63, 3.8) is 0 Å². The number of rotatable bonds is 7. The second-order valence-electron chi connectivity index (χ2n) is 3.77. The zero-order valence-corrected chi connectivity index (χ0v) is 11.1. The maximum atomic E-state index is 5.02. The molecule has 16 heavy (non-hydrogen) atoms. The van der Waals surface area contributed by atoms with Crippen molar-refractivity contribution < 1.29 is 4.74 Å². The van der Waals surface area contributed by atoms with Gasteiger partial charge in [-0.3, -0.25) is 0 Å². The smallest absolute Gasteiger partial charge is 0.0470 e. The lowest BCUT2D eigenvalue weighted by Gasteiger charge is -2.10. The van der Waals surface area contributed by atoms with Gasteiger partial charge < -0.3 is 10.1 Å². The zero-order chi connectivity index (χ0) is 11.8. The van der Waals surface area contributed by atoms with E-state index in [1.165, 1.54) is 10.5 Å². The van der Waals surface area contributed by atoms with Crippen LogP contribution in [0.5, 0.6) is 0 Å². The summed E-state index contributed by atoms with van der Waals surface area (Å²) in [5, 5.41) is 3.24. The molecule has 0 aliphatic rings. The first-order valence-corrected chi connectivity index (χ1v) is 6.65. The summed E-state index contributed by atoms with van der Waals surface area (Å²) in [4.78, 5) is 1.34. The van der Waals surface area contributed by atoms with Crippen molar-refractivity contribution in [2.24, 2.45) is 0 Å². The summed E-state index contributed by atoms with van der Waals surface area (Å²) < 4.78 is 5.02. The van der Waals surface area contributed by atoms with Gasteiger partial charge in [-0.05, 0) is 38.1 Å². The van der Waals surface area contributed by atoms with E-state index in [4.69, 9.17) is 4.74 Å². The summed E-state index contributed by atoms with van der Waals surface area (Å²) >= 11 is 1.89. The van der Waals surface area contributed by atoms with E-state index in [0.29, 0.717) is 6.04 Å². The minimum Gasteiger partial charge on any atom is -0.385 e. The Labute approximate surface area is 103 Å². The standard InChI is InChI=1S/C13H21NOS/c1-11(14-2)12-5-7-13(8-6-12)16-10-4-9-15-3/h5-8,11,14H,4,9-10H2,1-3H3. The fourth-order valence-electron chi connectivity index (χ4n) is 1.41. The lowest BCUT2D eigenvalue weighted by atomic mass is 10.1. The molecule has 1 aromatic carbocycles. The molecule has 0 aliphatic carbocycles. The van der Waals surface area contributed by atoms with E-state index in [1.807, 2.05) is 18.8 Å². The lowest BCUT2D eigenvalue weighted by molar-refractivity contribution is 0.200. The third kappa shape index (κ3) is 4.56. The predicted molar refractivity (Wildman–Crippen MR) is 71.1 cm³/mol. The van der Waals surface area contributed by atoms with Crippen LogP contribution in [0.2, 0.25) is 0 Å². The van der Waals surface area contributed by atoms with Crippen molar-refractivity contribution >= 4 is 11.8 Å². The number of thioether (sulfide) groups is 1. The monoisotopic (exact) mass is 239 g/mol. The van der Waals surface area contributed by atoms with Crippen LogP contribution in [0.1, 0.15) is 24.9 Å². The normalized spacial score (nSPS) is 12.7. The van der Waals surface area contributed by atoms with E-state index in [9.17, 15) is 0 Å². The van der Waals surface area contributed by atoms with Crippen LogP contribution in [-0.4, -0.2) is 26.5 Å². The molecule has 0 aromatic heterocycles. The first-order valence-electron chi connectivity index (χ1n) is 5.67. The largest absolute Gasteiger partial charge is 0.385 e. The highest BCUT2D eigenvalue weighted by atomic mass is 32.2. The van der Waals surface area contributed by atoms with Crippen molar-refractivity contribution in [1.29, 1.82) is 0 Å². The Morgan fingerprint density at radius 2 is 2.00 bits per heavy atom. The molecule has 2 nitrogen and oxygen atoms in total. The topological polar surface area (TPSA) is 21.3 Å². The van der Waals surface area contributed by atoms with Crippen molar-refractivity contribution in [1.82, 2.24) is 5.32 Å². The van der Waals surface area contributed by atoms with Gasteiger partial charge in [-0.1, -0.05) is 12.1 Å². The summed E-state index contributed by atoms with van der Waals surface area (Å²) in [6.07, 6.45) is 1.11. The number of ether oxygens (including phenoxy) is 1. The van der Waals surface area contributed by atoms with Gasteiger partial charge in [0.15, 0.2) is 0 Å². The van der Waals surface area contributed by atoms with E-state index in [1.54, 1.807) is 7.11 Å². The Balaban J connectivity index is 2.39. The van der Waals surface area contributed by atoms with E-state index < -0.39 is 0 Å². The Hall–Kier alpha value is -0.510. The highest BCUT2D eigenvalue weighted by Crippen LogP contribution is 2.21. The molecular weight excluding hydrogens is 218 g/mol. The van der Waals surface area contributed by atoms with Crippen LogP contribution < -0.4 is 5.32 Å². The molecule has 0 bridgehead atoms. The van der Waals surface area contributed by atoms with Gasteiger partial charge in [-0.2, -0.15) is 0 Å². The van der Waals surface area contributed by atoms with Gasteiger partial charge in [0.05, 0.1) is 0 Å². The van der Waals surface area contributed by atoms with Crippen LogP contribution in [-0.2, 0) is 4.74 Å². The Bertz CT molecular complexity index is 286. The van der Waals surface area contributed by atoms with E-state index in [2.05, 4.69) is 36.5 Å². The maximum Gasteiger partial charge on any atom is 0.0470 e. The van der Waals surface area contributed by atoms with Crippen LogP contribution >= 0.6 is 11.8 Å². The van der Waals surface area contributed by atoms with Crippen LogP contribution in [0, 0.1) is 0 Å². The quantitative estimate of drug-likeness (QED) is 0.583. The highest BCUT2D eigenvalue weighted by molar-refractivity contribution is 7.99. The molecule has 0 fully saturated rings. The second-order valence-corrected chi connectivity index (χ2v) is 4.94. The highest BCUT2D eigenvalue weighted by Gasteiger charge is 2.01.